The summed E-state index contributed by atoms with van der Waals surface area (Å²) in [5, 5.41) is 3.03. The molecule has 1 aromatic heterocycles. The molecule has 3 rings (SSSR count). The Bertz CT molecular complexity index is 826. The number of ether oxygens (including phenoxy) is 1. The highest BCUT2D eigenvalue weighted by Crippen LogP contribution is 2.20. The number of nitrogens with one attached hydrogen (secondary N) is 1. The normalized spacial score (nSPS) is 15.9. The minimum atomic E-state index is -0.217. The van der Waals surface area contributed by atoms with Crippen LogP contribution in [-0.2, 0) is 22.5 Å². The smallest absolute Gasteiger partial charge is 0.249 e. The van der Waals surface area contributed by atoms with Gasteiger partial charge in [-0.15, -0.1) is 0 Å². The van der Waals surface area contributed by atoms with E-state index in [4.69, 9.17) is 9.72 Å². The SMILES string of the molecule is CCCCCCCCCCCCn1c(CCCCCNC(=O)C2CCCO2)nc2ccccc21. The number of imidazole rings is 1. The third-order valence-electron chi connectivity index (χ3n) is 7.07. The Morgan fingerprint density at radius 3 is 2.41 bits per heavy atom. The van der Waals surface area contributed by atoms with E-state index < -0.39 is 0 Å². The molecule has 0 radical (unpaired) electrons. The molecular weight excluding hydrogens is 422 g/mol. The first-order valence-electron chi connectivity index (χ1n) is 14.1. The van der Waals surface area contributed by atoms with Crippen molar-refractivity contribution in [3.05, 3.63) is 30.1 Å². The first-order valence-corrected chi connectivity index (χ1v) is 14.1. The van der Waals surface area contributed by atoms with Gasteiger partial charge in [0.1, 0.15) is 11.9 Å². The number of hydrogen-bond donors (Lipinski definition) is 1. The molecular formula is C29H47N3O2. The third kappa shape index (κ3) is 9.05. The Morgan fingerprint density at radius 2 is 1.68 bits per heavy atom. The van der Waals surface area contributed by atoms with Crippen molar-refractivity contribution in [1.29, 1.82) is 0 Å². The van der Waals surface area contributed by atoms with Gasteiger partial charge in [0.2, 0.25) is 5.91 Å². The molecule has 0 bridgehead atoms. The molecule has 1 unspecified atom stereocenters. The van der Waals surface area contributed by atoms with Crippen LogP contribution in [0.4, 0.5) is 0 Å². The van der Waals surface area contributed by atoms with Crippen molar-refractivity contribution in [2.75, 3.05) is 13.2 Å². The molecule has 1 fully saturated rings. The van der Waals surface area contributed by atoms with Crippen LogP contribution < -0.4 is 5.32 Å². The molecule has 0 aliphatic carbocycles. The molecule has 2 aromatic rings. The highest BCUT2D eigenvalue weighted by atomic mass is 16.5. The Labute approximate surface area is 207 Å². The van der Waals surface area contributed by atoms with Gasteiger partial charge in [0.05, 0.1) is 11.0 Å². The molecule has 34 heavy (non-hydrogen) atoms. The summed E-state index contributed by atoms with van der Waals surface area (Å²) in [7, 11) is 0. The Balaban J connectivity index is 1.33. The van der Waals surface area contributed by atoms with Crippen LogP contribution in [0, 0.1) is 0 Å². The van der Waals surface area contributed by atoms with E-state index in [-0.39, 0.29) is 12.0 Å². The molecule has 190 valence electrons. The molecule has 5 heteroatoms. The number of aromatic nitrogens is 2. The fourth-order valence-corrected chi connectivity index (χ4v) is 5.02. The maximum absolute atomic E-state index is 12.0. The second kappa shape index (κ2) is 15.9. The maximum atomic E-state index is 12.0. The van der Waals surface area contributed by atoms with Gasteiger partial charge in [-0.2, -0.15) is 0 Å². The number of unbranched alkanes of at least 4 members (excludes halogenated alkanes) is 11. The highest BCUT2D eigenvalue weighted by molar-refractivity contribution is 5.80. The predicted octanol–water partition coefficient (Wildman–Crippen LogP) is 6.97. The van der Waals surface area contributed by atoms with Crippen molar-refractivity contribution in [2.45, 2.75) is 122 Å². The highest BCUT2D eigenvalue weighted by Gasteiger charge is 2.22. The lowest BCUT2D eigenvalue weighted by atomic mass is 10.1. The zero-order valence-corrected chi connectivity index (χ0v) is 21.5. The minimum absolute atomic E-state index is 0.0655. The van der Waals surface area contributed by atoms with Crippen LogP contribution in [0.3, 0.4) is 0 Å². The summed E-state index contributed by atoms with van der Waals surface area (Å²) in [6, 6.07) is 8.55. The average Bonchev–Trinajstić information content (AvgIpc) is 3.51. The third-order valence-corrected chi connectivity index (χ3v) is 7.07. The summed E-state index contributed by atoms with van der Waals surface area (Å²) >= 11 is 0. The van der Waals surface area contributed by atoms with Crippen LogP contribution in [0.1, 0.15) is 109 Å². The van der Waals surface area contributed by atoms with Crippen LogP contribution in [0.15, 0.2) is 24.3 Å². The first kappa shape index (κ1) is 26.7. The van der Waals surface area contributed by atoms with Crippen molar-refractivity contribution in [3.8, 4) is 0 Å². The van der Waals surface area contributed by atoms with Crippen LogP contribution >= 0.6 is 0 Å². The summed E-state index contributed by atoms with van der Waals surface area (Å²) in [4.78, 5) is 17.0. The Morgan fingerprint density at radius 1 is 0.971 bits per heavy atom. The summed E-state index contributed by atoms with van der Waals surface area (Å²) in [5.41, 5.74) is 2.39. The number of aryl methyl sites for hydroxylation is 2. The largest absolute Gasteiger partial charge is 0.368 e. The number of para-hydroxylation sites is 2. The second-order valence-electron chi connectivity index (χ2n) is 9.95. The van der Waals surface area contributed by atoms with Crippen molar-refractivity contribution < 1.29 is 9.53 Å². The van der Waals surface area contributed by atoms with E-state index in [1.165, 1.54) is 75.5 Å². The molecule has 1 aliphatic rings. The number of carbonyl (C=O) groups excluding carboxylic acids is 1. The minimum Gasteiger partial charge on any atom is -0.368 e. The molecule has 2 heterocycles. The molecule has 0 saturated carbocycles. The lowest BCUT2D eigenvalue weighted by Gasteiger charge is -2.11. The molecule has 1 atom stereocenters. The molecule has 1 saturated heterocycles. The van der Waals surface area contributed by atoms with E-state index in [9.17, 15) is 4.79 Å². The molecule has 1 amide bonds. The van der Waals surface area contributed by atoms with Crippen molar-refractivity contribution >= 4 is 16.9 Å². The summed E-state index contributed by atoms with van der Waals surface area (Å²) in [6.07, 6.45) is 19.5. The standard InChI is InChI=1S/C29H47N3O2/c1-2-3-4-5-6-7-8-9-10-16-23-32-26-19-14-13-18-25(26)31-28(32)21-12-11-15-22-30-29(33)27-20-17-24-34-27/h13-14,18-19,27H,2-12,15-17,20-24H2,1H3,(H,30,33). The predicted molar refractivity (Wildman–Crippen MR) is 141 cm³/mol. The molecule has 1 aliphatic heterocycles. The maximum Gasteiger partial charge on any atom is 0.249 e. The number of rotatable bonds is 18. The van der Waals surface area contributed by atoms with Gasteiger partial charge >= 0.3 is 0 Å². The van der Waals surface area contributed by atoms with Gasteiger partial charge in [-0.3, -0.25) is 4.79 Å². The fourth-order valence-electron chi connectivity index (χ4n) is 5.02. The van der Waals surface area contributed by atoms with E-state index in [0.717, 1.165) is 63.7 Å². The molecule has 0 spiro atoms. The Hall–Kier alpha value is -1.88. The van der Waals surface area contributed by atoms with Crippen LogP contribution in [0.5, 0.6) is 0 Å². The zero-order valence-electron chi connectivity index (χ0n) is 21.5. The van der Waals surface area contributed by atoms with Crippen molar-refractivity contribution in [1.82, 2.24) is 14.9 Å². The van der Waals surface area contributed by atoms with Crippen LogP contribution in [0.2, 0.25) is 0 Å². The Kier molecular flexibility index (Phi) is 12.5. The van der Waals surface area contributed by atoms with Gasteiger partial charge in [-0.1, -0.05) is 83.3 Å². The monoisotopic (exact) mass is 469 g/mol. The summed E-state index contributed by atoms with van der Waals surface area (Å²) < 4.78 is 7.90. The number of fused-ring (bicyclic) bond motifs is 1. The van der Waals surface area contributed by atoms with Crippen LogP contribution in [-0.4, -0.2) is 34.7 Å². The lowest BCUT2D eigenvalue weighted by Crippen LogP contribution is -2.34. The number of hydrogen-bond acceptors (Lipinski definition) is 3. The fraction of sp³-hybridized carbons (Fsp3) is 0.724. The topological polar surface area (TPSA) is 56.2 Å². The van der Waals surface area contributed by atoms with E-state index in [0.29, 0.717) is 0 Å². The average molecular weight is 470 g/mol. The van der Waals surface area contributed by atoms with Gasteiger partial charge in [0, 0.05) is 26.1 Å². The number of carbonyl (C=O) groups is 1. The molecule has 1 aromatic carbocycles. The van der Waals surface area contributed by atoms with Gasteiger partial charge in [0.15, 0.2) is 0 Å². The van der Waals surface area contributed by atoms with Gasteiger partial charge in [-0.05, 0) is 44.2 Å². The van der Waals surface area contributed by atoms with E-state index in [1.807, 2.05) is 0 Å². The molecule has 5 nitrogen and oxygen atoms in total. The lowest BCUT2D eigenvalue weighted by molar-refractivity contribution is -0.130. The van der Waals surface area contributed by atoms with Gasteiger partial charge < -0.3 is 14.6 Å². The number of amides is 1. The van der Waals surface area contributed by atoms with Crippen molar-refractivity contribution in [3.63, 3.8) is 0 Å². The number of nitrogens with zero attached hydrogens (tertiary/aromatic N) is 2. The summed E-state index contributed by atoms with van der Waals surface area (Å²) in [5.74, 6) is 1.29. The molecule has 1 N–H and O–H groups in total. The zero-order chi connectivity index (χ0) is 23.8. The second-order valence-corrected chi connectivity index (χ2v) is 9.95. The van der Waals surface area contributed by atoms with E-state index in [2.05, 4.69) is 41.1 Å². The summed E-state index contributed by atoms with van der Waals surface area (Å²) in [6.45, 7) is 4.82. The van der Waals surface area contributed by atoms with Crippen LogP contribution in [0.25, 0.3) is 11.0 Å². The number of benzene rings is 1. The van der Waals surface area contributed by atoms with Crippen molar-refractivity contribution in [2.24, 2.45) is 0 Å². The van der Waals surface area contributed by atoms with Gasteiger partial charge in [-0.25, -0.2) is 4.98 Å². The van der Waals surface area contributed by atoms with E-state index in [1.54, 1.807) is 0 Å². The van der Waals surface area contributed by atoms with E-state index >= 15 is 0 Å². The quantitative estimate of drug-likeness (QED) is 0.240. The first-order chi connectivity index (χ1) is 16.8. The van der Waals surface area contributed by atoms with Gasteiger partial charge in [0.25, 0.3) is 0 Å².